The first-order chi connectivity index (χ1) is 4.81. The van der Waals surface area contributed by atoms with Crippen LogP contribution in [0.3, 0.4) is 0 Å². The Morgan fingerprint density at radius 2 is 2.30 bits per heavy atom. The Hall–Kier alpha value is -1.01. The van der Waals surface area contributed by atoms with Crippen LogP contribution in [0, 0.1) is 12.3 Å². The van der Waals surface area contributed by atoms with Gasteiger partial charge in [0.05, 0.1) is 0 Å². The van der Waals surface area contributed by atoms with Gasteiger partial charge in [-0.3, -0.25) is 10.2 Å². The minimum Gasteiger partial charge on any atom is -0.294 e. The molecule has 0 saturated carbocycles. The van der Waals surface area contributed by atoms with Crippen molar-refractivity contribution in [3.63, 3.8) is 0 Å². The predicted octanol–water partition coefficient (Wildman–Crippen LogP) is 0.170. The highest BCUT2D eigenvalue weighted by Gasteiger charge is 1.95. The maximum Gasteiger partial charge on any atom is 0.233 e. The molecule has 10 heavy (non-hydrogen) atoms. The van der Waals surface area contributed by atoms with Crippen LogP contribution in [0.25, 0.3) is 0 Å². The van der Waals surface area contributed by atoms with E-state index in [1.54, 1.807) is 0 Å². The number of hydrogen-bond acceptors (Lipinski definition) is 2. The van der Waals surface area contributed by atoms with Crippen LogP contribution in [0.1, 0.15) is 25.7 Å². The molecule has 0 saturated heterocycles. The monoisotopic (exact) mass is 140 g/mol. The average molecular weight is 140 g/mol. The number of rotatable bonds is 4. The van der Waals surface area contributed by atoms with Crippen molar-refractivity contribution in [1.82, 2.24) is 5.43 Å². The SMILES string of the molecule is C#CCCCCC(=O)NN. The van der Waals surface area contributed by atoms with Crippen molar-refractivity contribution in [3.8, 4) is 12.3 Å². The lowest BCUT2D eigenvalue weighted by atomic mass is 10.2. The molecule has 0 heterocycles. The molecule has 0 fully saturated rings. The molecule has 0 atom stereocenters. The minimum atomic E-state index is -0.128. The van der Waals surface area contributed by atoms with Crippen LogP contribution in [0.2, 0.25) is 0 Å². The molecule has 3 heteroatoms. The summed E-state index contributed by atoms with van der Waals surface area (Å²) in [6.45, 7) is 0. The lowest BCUT2D eigenvalue weighted by Crippen LogP contribution is -2.29. The Labute approximate surface area is 60.9 Å². The van der Waals surface area contributed by atoms with Crippen molar-refractivity contribution in [1.29, 1.82) is 0 Å². The van der Waals surface area contributed by atoms with E-state index in [-0.39, 0.29) is 5.91 Å². The number of nitrogens with two attached hydrogens (primary N) is 1. The lowest BCUT2D eigenvalue weighted by Gasteiger charge is -1.95. The molecule has 0 aromatic heterocycles. The Kier molecular flexibility index (Phi) is 5.50. The first-order valence-corrected chi connectivity index (χ1v) is 3.24. The quantitative estimate of drug-likeness (QED) is 0.192. The molecule has 1 amide bonds. The summed E-state index contributed by atoms with van der Waals surface area (Å²) < 4.78 is 0. The molecule has 0 bridgehead atoms. The van der Waals surface area contributed by atoms with Gasteiger partial charge in [0.2, 0.25) is 5.91 Å². The summed E-state index contributed by atoms with van der Waals surface area (Å²) in [5.74, 6) is 7.22. The van der Waals surface area contributed by atoms with Crippen LogP contribution in [-0.2, 0) is 4.79 Å². The van der Waals surface area contributed by atoms with Crippen molar-refractivity contribution in [2.45, 2.75) is 25.7 Å². The molecule has 0 spiro atoms. The van der Waals surface area contributed by atoms with Gasteiger partial charge in [0.15, 0.2) is 0 Å². The van der Waals surface area contributed by atoms with E-state index in [0.29, 0.717) is 6.42 Å². The van der Waals surface area contributed by atoms with Gasteiger partial charge in [-0.05, 0) is 12.8 Å². The van der Waals surface area contributed by atoms with E-state index >= 15 is 0 Å². The molecule has 0 rings (SSSR count). The second-order valence-electron chi connectivity index (χ2n) is 1.98. The van der Waals surface area contributed by atoms with Crippen LogP contribution in [0.15, 0.2) is 0 Å². The van der Waals surface area contributed by atoms with Gasteiger partial charge in [-0.25, -0.2) is 5.84 Å². The van der Waals surface area contributed by atoms with Gasteiger partial charge in [0.25, 0.3) is 0 Å². The van der Waals surface area contributed by atoms with Crippen LogP contribution in [0.4, 0.5) is 0 Å². The minimum absolute atomic E-state index is 0.128. The zero-order valence-electron chi connectivity index (χ0n) is 5.89. The number of nitrogens with one attached hydrogen (secondary N) is 1. The third kappa shape index (κ3) is 5.13. The van der Waals surface area contributed by atoms with Crippen molar-refractivity contribution in [2.75, 3.05) is 0 Å². The number of terminal acetylenes is 1. The van der Waals surface area contributed by atoms with Crippen molar-refractivity contribution < 1.29 is 4.79 Å². The van der Waals surface area contributed by atoms with Gasteiger partial charge in [-0.1, -0.05) is 0 Å². The van der Waals surface area contributed by atoms with Crippen LogP contribution in [-0.4, -0.2) is 5.91 Å². The third-order valence-electron chi connectivity index (χ3n) is 1.14. The number of unbranched alkanes of at least 4 members (excludes halogenated alkanes) is 2. The molecule has 3 N–H and O–H groups in total. The highest BCUT2D eigenvalue weighted by Crippen LogP contribution is 1.97. The molecule has 0 aromatic rings. The number of amides is 1. The van der Waals surface area contributed by atoms with Crippen molar-refractivity contribution in [3.05, 3.63) is 0 Å². The fourth-order valence-corrected chi connectivity index (χ4v) is 0.585. The molecular weight excluding hydrogens is 128 g/mol. The van der Waals surface area contributed by atoms with Gasteiger partial charge in [0, 0.05) is 12.8 Å². The van der Waals surface area contributed by atoms with E-state index in [2.05, 4.69) is 11.3 Å². The highest BCUT2D eigenvalue weighted by atomic mass is 16.2. The maximum absolute atomic E-state index is 10.5. The van der Waals surface area contributed by atoms with Crippen molar-refractivity contribution >= 4 is 5.91 Å². The number of carbonyl (C=O) groups excluding carboxylic acids is 1. The first kappa shape index (κ1) is 8.99. The summed E-state index contributed by atoms with van der Waals surface area (Å²) in [5.41, 5.74) is 2.05. The summed E-state index contributed by atoms with van der Waals surface area (Å²) in [6.07, 6.45) is 7.91. The van der Waals surface area contributed by atoms with Crippen LogP contribution in [0.5, 0.6) is 0 Å². The molecule has 3 nitrogen and oxygen atoms in total. The molecular formula is C7H12N2O. The Morgan fingerprint density at radius 1 is 1.60 bits per heavy atom. The lowest BCUT2D eigenvalue weighted by molar-refractivity contribution is -0.121. The fraction of sp³-hybridized carbons (Fsp3) is 0.571. The van der Waals surface area contributed by atoms with Gasteiger partial charge in [-0.2, -0.15) is 0 Å². The summed E-state index contributed by atoms with van der Waals surface area (Å²) in [4.78, 5) is 10.5. The average Bonchev–Trinajstić information content (AvgIpc) is 1.98. The van der Waals surface area contributed by atoms with Crippen molar-refractivity contribution in [2.24, 2.45) is 5.84 Å². The fourth-order valence-electron chi connectivity index (χ4n) is 0.585. The molecule has 0 aromatic carbocycles. The predicted molar refractivity (Wildman–Crippen MR) is 39.6 cm³/mol. The van der Waals surface area contributed by atoms with Gasteiger partial charge in [0.1, 0.15) is 0 Å². The third-order valence-corrected chi connectivity index (χ3v) is 1.14. The zero-order valence-corrected chi connectivity index (χ0v) is 5.89. The highest BCUT2D eigenvalue weighted by molar-refractivity contribution is 5.74. The largest absolute Gasteiger partial charge is 0.294 e. The first-order valence-electron chi connectivity index (χ1n) is 3.24. The van der Waals surface area contributed by atoms with Gasteiger partial charge in [-0.15, -0.1) is 12.3 Å². The zero-order chi connectivity index (χ0) is 7.82. The van der Waals surface area contributed by atoms with E-state index in [9.17, 15) is 4.79 Å². The van der Waals surface area contributed by atoms with Gasteiger partial charge >= 0.3 is 0 Å². The summed E-state index contributed by atoms with van der Waals surface area (Å²) in [6, 6.07) is 0. The number of hydrogen-bond donors (Lipinski definition) is 2. The Morgan fingerprint density at radius 3 is 2.80 bits per heavy atom. The molecule has 0 aliphatic heterocycles. The standard InChI is InChI=1S/C7H12N2O/c1-2-3-4-5-6-7(10)9-8/h1H,3-6,8H2,(H,9,10). The second kappa shape index (κ2) is 6.12. The topological polar surface area (TPSA) is 55.1 Å². The van der Waals surface area contributed by atoms with E-state index in [1.165, 1.54) is 0 Å². The smallest absolute Gasteiger partial charge is 0.233 e. The summed E-state index contributed by atoms with van der Waals surface area (Å²) in [7, 11) is 0. The second-order valence-corrected chi connectivity index (χ2v) is 1.98. The number of hydrazine groups is 1. The molecule has 56 valence electrons. The maximum atomic E-state index is 10.5. The van der Waals surface area contributed by atoms with E-state index in [4.69, 9.17) is 12.3 Å². The summed E-state index contributed by atoms with van der Waals surface area (Å²) >= 11 is 0. The molecule has 0 radical (unpaired) electrons. The van der Waals surface area contributed by atoms with Crippen LogP contribution < -0.4 is 11.3 Å². The Balaban J connectivity index is 3.05. The van der Waals surface area contributed by atoms with Crippen LogP contribution >= 0.6 is 0 Å². The Bertz CT molecular complexity index is 137. The van der Waals surface area contributed by atoms with E-state index < -0.39 is 0 Å². The molecule has 0 aliphatic rings. The van der Waals surface area contributed by atoms with E-state index in [0.717, 1.165) is 19.3 Å². The van der Waals surface area contributed by atoms with Gasteiger partial charge < -0.3 is 0 Å². The molecule has 0 unspecified atom stereocenters. The van der Waals surface area contributed by atoms with E-state index in [1.807, 2.05) is 0 Å². The normalized spacial score (nSPS) is 8.40. The molecule has 0 aliphatic carbocycles. The summed E-state index contributed by atoms with van der Waals surface area (Å²) in [5, 5.41) is 0. The number of carbonyl (C=O) groups is 1.